The molecule has 1 unspecified atom stereocenters. The van der Waals surface area contributed by atoms with Crippen molar-refractivity contribution in [1.29, 1.82) is 0 Å². The van der Waals surface area contributed by atoms with Gasteiger partial charge in [-0.3, -0.25) is 14.2 Å². The van der Waals surface area contributed by atoms with Crippen LogP contribution in [0, 0.1) is 11.8 Å². The number of aliphatic hydroxyl groups excluding tert-OH is 1. The Kier molecular flexibility index (Phi) is 15.5. The van der Waals surface area contributed by atoms with Crippen LogP contribution < -0.4 is 16.0 Å². The normalized spacial score (nSPS) is 16.4. The van der Waals surface area contributed by atoms with Crippen LogP contribution in [0.5, 0.6) is 0 Å². The predicted octanol–water partition coefficient (Wildman–Crippen LogP) is 6.22. The molecule has 4 rings (SSSR count). The first-order valence-corrected chi connectivity index (χ1v) is 19.6. The summed E-state index contributed by atoms with van der Waals surface area (Å²) in [5, 5.41) is 19.2. The van der Waals surface area contributed by atoms with Gasteiger partial charge < -0.3 is 30.3 Å². The Morgan fingerprint density at radius 3 is 1.92 bits per heavy atom. The van der Waals surface area contributed by atoms with Crippen LogP contribution in [0.4, 0.5) is 4.79 Å². The molecule has 0 radical (unpaired) electrons. The van der Waals surface area contributed by atoms with E-state index in [1.165, 1.54) is 6.42 Å². The molecule has 1 fully saturated rings. The number of ether oxygens (including phenoxy) is 1. The number of nitrogens with one attached hydrogen (secondary N) is 3. The zero-order chi connectivity index (χ0) is 35.8. The molecule has 3 aromatic carbocycles. The van der Waals surface area contributed by atoms with E-state index < -0.39 is 43.5 Å². The number of hydrogen-bond acceptors (Lipinski definition) is 7. The molecule has 11 heteroatoms. The van der Waals surface area contributed by atoms with Crippen molar-refractivity contribution in [2.75, 3.05) is 18.9 Å². The molecule has 0 aliphatic heterocycles. The fourth-order valence-electron chi connectivity index (χ4n) is 6.18. The summed E-state index contributed by atoms with van der Waals surface area (Å²) in [6.45, 7) is 3.66. The van der Waals surface area contributed by atoms with E-state index in [9.17, 15) is 24.1 Å². The molecule has 50 heavy (non-hydrogen) atoms. The molecule has 1 aliphatic carbocycles. The van der Waals surface area contributed by atoms with Crippen LogP contribution >= 0.6 is 7.37 Å². The van der Waals surface area contributed by atoms with Gasteiger partial charge in [-0.05, 0) is 41.4 Å². The Labute approximate surface area is 296 Å². The molecule has 3 amide bonds. The summed E-state index contributed by atoms with van der Waals surface area (Å²) in [6, 6.07) is 26.0. The molecule has 3 aromatic rings. The van der Waals surface area contributed by atoms with E-state index in [0.717, 1.165) is 42.4 Å². The van der Waals surface area contributed by atoms with Crippen LogP contribution in [0.15, 0.2) is 91.0 Å². The Hall–Kier alpha value is -3.98. The number of hydrogen-bond donors (Lipinski definition) is 4. The third-order valence-electron chi connectivity index (χ3n) is 8.92. The molecule has 4 N–H and O–H groups in total. The summed E-state index contributed by atoms with van der Waals surface area (Å²) in [7, 11) is -3.24. The van der Waals surface area contributed by atoms with Gasteiger partial charge >= 0.3 is 6.09 Å². The molecule has 0 saturated heterocycles. The van der Waals surface area contributed by atoms with Gasteiger partial charge in [-0.2, -0.15) is 0 Å². The second kappa shape index (κ2) is 20.0. The SMILES string of the molecule is CC(C)[C@H](NC(=O)[C@H](Cc1ccccc1)NC(=O)OCc1ccccc1)C(=O)NC[C@H](O)CP(=O)(CC1CCCCC1)OCc1ccccc1. The maximum Gasteiger partial charge on any atom is 0.408 e. The lowest BCUT2D eigenvalue weighted by atomic mass is 9.91. The van der Waals surface area contributed by atoms with Gasteiger partial charge in [0.2, 0.25) is 19.2 Å². The van der Waals surface area contributed by atoms with Crippen LogP contribution in [0.2, 0.25) is 0 Å². The third kappa shape index (κ3) is 13.4. The maximum absolute atomic E-state index is 14.1. The van der Waals surface area contributed by atoms with Gasteiger partial charge in [0.1, 0.15) is 18.7 Å². The lowest BCUT2D eigenvalue weighted by molar-refractivity contribution is -0.131. The van der Waals surface area contributed by atoms with E-state index in [-0.39, 0.29) is 44.2 Å². The third-order valence-corrected chi connectivity index (χ3v) is 11.6. The summed E-state index contributed by atoms with van der Waals surface area (Å²) in [4.78, 5) is 39.8. The van der Waals surface area contributed by atoms with Crippen LogP contribution in [0.3, 0.4) is 0 Å². The zero-order valence-electron chi connectivity index (χ0n) is 29.2. The summed E-state index contributed by atoms with van der Waals surface area (Å²) in [6.07, 6.45) is 3.99. The van der Waals surface area contributed by atoms with Crippen molar-refractivity contribution >= 4 is 25.3 Å². The quantitative estimate of drug-likeness (QED) is 0.115. The number of amides is 3. The van der Waals surface area contributed by atoms with Crippen molar-refractivity contribution < 1.29 is 33.3 Å². The van der Waals surface area contributed by atoms with Crippen LogP contribution in [0.1, 0.15) is 62.6 Å². The smallest absolute Gasteiger partial charge is 0.408 e. The van der Waals surface area contributed by atoms with Crippen molar-refractivity contribution in [3.63, 3.8) is 0 Å². The number of alkyl carbamates (subject to hydrolysis) is 1. The number of rotatable bonds is 18. The molecule has 10 nitrogen and oxygen atoms in total. The maximum atomic E-state index is 14.1. The summed E-state index contributed by atoms with van der Waals surface area (Å²) in [5.74, 6) is -1.08. The Morgan fingerprint density at radius 2 is 1.34 bits per heavy atom. The van der Waals surface area contributed by atoms with E-state index in [2.05, 4.69) is 16.0 Å². The fourth-order valence-corrected chi connectivity index (χ4v) is 8.85. The fraction of sp³-hybridized carbons (Fsp3) is 0.462. The monoisotopic (exact) mass is 705 g/mol. The van der Waals surface area contributed by atoms with Gasteiger partial charge in [0.15, 0.2) is 0 Å². The molecular formula is C39H52N3O7P. The number of aliphatic hydroxyl groups is 1. The van der Waals surface area contributed by atoms with Gasteiger partial charge in [0, 0.05) is 19.1 Å². The summed E-state index contributed by atoms with van der Waals surface area (Å²) in [5.41, 5.74) is 2.52. The highest BCUT2D eigenvalue weighted by Gasteiger charge is 2.33. The second-order valence-corrected chi connectivity index (χ2v) is 16.1. The van der Waals surface area contributed by atoms with Crippen molar-refractivity contribution in [3.05, 3.63) is 108 Å². The molecule has 0 bridgehead atoms. The average Bonchev–Trinajstić information content (AvgIpc) is 3.12. The van der Waals surface area contributed by atoms with Crippen LogP contribution in [0.25, 0.3) is 0 Å². The van der Waals surface area contributed by atoms with Crippen molar-refractivity contribution in [1.82, 2.24) is 16.0 Å². The minimum absolute atomic E-state index is 0.0383. The first-order valence-electron chi connectivity index (χ1n) is 17.6. The molecule has 0 spiro atoms. The standard InChI is InChI=1S/C39H52N3O7P/c1-29(2)36(42-37(44)35(23-30-15-7-3-8-16-30)41-39(46)48-25-31-17-9-4-10-18-31)38(45)40-24-34(43)28-50(47,27-33-21-13-6-14-22-33)49-26-32-19-11-5-12-20-32/h3-5,7-12,15-20,29,33-36,43H,6,13-14,21-28H2,1-2H3,(H,40,45)(H,41,46)(H,42,44)/t34-,35-,36-,50?/m0/s1. The Morgan fingerprint density at radius 1 is 0.780 bits per heavy atom. The minimum Gasteiger partial charge on any atom is -0.445 e. The largest absolute Gasteiger partial charge is 0.445 e. The van der Waals surface area contributed by atoms with Crippen LogP contribution in [-0.2, 0) is 43.0 Å². The molecule has 0 heterocycles. The van der Waals surface area contributed by atoms with Crippen molar-refractivity contribution in [2.45, 2.75) is 83.8 Å². The highest BCUT2D eigenvalue weighted by atomic mass is 31.2. The first kappa shape index (κ1) is 38.8. The second-order valence-electron chi connectivity index (χ2n) is 13.5. The van der Waals surface area contributed by atoms with Gasteiger partial charge in [0.25, 0.3) is 0 Å². The molecule has 270 valence electrons. The lowest BCUT2D eigenvalue weighted by Gasteiger charge is -2.29. The van der Waals surface area contributed by atoms with Gasteiger partial charge in [-0.1, -0.05) is 124 Å². The van der Waals surface area contributed by atoms with Crippen molar-refractivity contribution in [2.24, 2.45) is 11.8 Å². The Balaban J connectivity index is 1.36. The average molecular weight is 706 g/mol. The highest BCUT2D eigenvalue weighted by molar-refractivity contribution is 7.59. The van der Waals surface area contributed by atoms with E-state index >= 15 is 0 Å². The zero-order valence-corrected chi connectivity index (χ0v) is 30.1. The topological polar surface area (TPSA) is 143 Å². The molecule has 0 aromatic heterocycles. The van der Waals surface area contributed by atoms with E-state index in [1.54, 1.807) is 13.8 Å². The van der Waals surface area contributed by atoms with E-state index in [0.29, 0.717) is 6.16 Å². The highest BCUT2D eigenvalue weighted by Crippen LogP contribution is 2.51. The number of carbonyl (C=O) groups excluding carboxylic acids is 3. The molecule has 4 atom stereocenters. The molecule has 1 aliphatic rings. The van der Waals surface area contributed by atoms with E-state index in [1.807, 2.05) is 91.0 Å². The minimum atomic E-state index is -3.24. The van der Waals surface area contributed by atoms with Gasteiger partial charge in [0.05, 0.1) is 18.9 Å². The molecular weight excluding hydrogens is 653 g/mol. The van der Waals surface area contributed by atoms with Gasteiger partial charge in [-0.15, -0.1) is 0 Å². The first-order chi connectivity index (χ1) is 24.1. The van der Waals surface area contributed by atoms with Crippen LogP contribution in [-0.4, -0.2) is 60.1 Å². The summed E-state index contributed by atoms with van der Waals surface area (Å²) >= 11 is 0. The Bertz CT molecular complexity index is 1520. The lowest BCUT2D eigenvalue weighted by Crippen LogP contribution is -2.56. The number of carbonyl (C=O) groups is 3. The van der Waals surface area contributed by atoms with Crippen molar-refractivity contribution in [3.8, 4) is 0 Å². The number of benzene rings is 3. The van der Waals surface area contributed by atoms with Gasteiger partial charge in [-0.25, -0.2) is 4.79 Å². The summed E-state index contributed by atoms with van der Waals surface area (Å²) < 4.78 is 25.6. The predicted molar refractivity (Wildman–Crippen MR) is 195 cm³/mol. The molecule has 1 saturated carbocycles. The van der Waals surface area contributed by atoms with E-state index in [4.69, 9.17) is 9.26 Å².